The van der Waals surface area contributed by atoms with E-state index in [1.807, 2.05) is 27.7 Å². The van der Waals surface area contributed by atoms with Crippen molar-refractivity contribution in [2.75, 3.05) is 26.2 Å². The number of amides is 2. The van der Waals surface area contributed by atoms with E-state index < -0.39 is 17.5 Å². The maximum Gasteiger partial charge on any atom is 0.317 e. The van der Waals surface area contributed by atoms with Crippen LogP contribution in [0.2, 0.25) is 0 Å². The Kier molecular flexibility index (Phi) is 5.17. The first-order valence-electron chi connectivity index (χ1n) is 6.66. The quantitative estimate of drug-likeness (QED) is 0.787. The van der Waals surface area contributed by atoms with Crippen molar-refractivity contribution in [1.82, 2.24) is 10.2 Å². The molecule has 0 unspecified atom stereocenters. The predicted molar refractivity (Wildman–Crippen MR) is 71.0 cm³/mol. The lowest BCUT2D eigenvalue weighted by Gasteiger charge is -2.26. The minimum Gasteiger partial charge on any atom is -0.481 e. The van der Waals surface area contributed by atoms with Gasteiger partial charge in [-0.3, -0.25) is 4.79 Å². The van der Waals surface area contributed by atoms with Crippen LogP contribution in [0.5, 0.6) is 0 Å². The summed E-state index contributed by atoms with van der Waals surface area (Å²) in [7, 11) is 0. The van der Waals surface area contributed by atoms with Gasteiger partial charge in [0, 0.05) is 26.2 Å². The van der Waals surface area contributed by atoms with Crippen molar-refractivity contribution < 1.29 is 19.4 Å². The van der Waals surface area contributed by atoms with E-state index in [4.69, 9.17) is 9.84 Å². The molecular formula is C13H24N2O4. The summed E-state index contributed by atoms with van der Waals surface area (Å²) in [6, 6.07) is -0.219. The fraction of sp³-hybridized carbons (Fsp3) is 0.846. The molecule has 1 fully saturated rings. The minimum absolute atomic E-state index is 0.0110. The van der Waals surface area contributed by atoms with Gasteiger partial charge in [-0.2, -0.15) is 0 Å². The summed E-state index contributed by atoms with van der Waals surface area (Å²) < 4.78 is 5.50. The number of carbonyl (C=O) groups excluding carboxylic acids is 1. The van der Waals surface area contributed by atoms with Gasteiger partial charge in [0.25, 0.3) is 0 Å². The van der Waals surface area contributed by atoms with Crippen molar-refractivity contribution >= 4 is 12.0 Å². The van der Waals surface area contributed by atoms with Crippen LogP contribution in [-0.2, 0) is 9.53 Å². The van der Waals surface area contributed by atoms with E-state index >= 15 is 0 Å². The fourth-order valence-corrected chi connectivity index (χ4v) is 2.30. The van der Waals surface area contributed by atoms with Gasteiger partial charge in [0.15, 0.2) is 0 Å². The Morgan fingerprint density at radius 3 is 2.53 bits per heavy atom. The summed E-state index contributed by atoms with van der Waals surface area (Å²) in [5, 5.41) is 11.8. The second kappa shape index (κ2) is 6.23. The van der Waals surface area contributed by atoms with Gasteiger partial charge in [-0.15, -0.1) is 0 Å². The molecule has 0 radical (unpaired) electrons. The molecule has 0 spiro atoms. The zero-order valence-corrected chi connectivity index (χ0v) is 12.1. The topological polar surface area (TPSA) is 78.9 Å². The summed E-state index contributed by atoms with van der Waals surface area (Å²) >= 11 is 0. The Balaban J connectivity index is 2.45. The van der Waals surface area contributed by atoms with E-state index in [0.29, 0.717) is 19.7 Å². The molecule has 110 valence electrons. The number of carboxylic acid groups (broad SMARTS) is 1. The zero-order chi connectivity index (χ0) is 14.6. The van der Waals surface area contributed by atoms with Crippen molar-refractivity contribution in [3.05, 3.63) is 0 Å². The van der Waals surface area contributed by atoms with Crippen molar-refractivity contribution in [2.24, 2.45) is 11.8 Å². The second-order valence-corrected chi connectivity index (χ2v) is 5.68. The molecule has 1 aliphatic heterocycles. The SMILES string of the molecule is CCOC(C)(C)CNC(=O)N1C[C@@H](C)[C@H](C(=O)O)C1. The van der Waals surface area contributed by atoms with Crippen LogP contribution in [0.3, 0.4) is 0 Å². The third-order valence-electron chi connectivity index (χ3n) is 3.42. The molecule has 6 heteroatoms. The average molecular weight is 272 g/mol. The van der Waals surface area contributed by atoms with Crippen LogP contribution >= 0.6 is 0 Å². The van der Waals surface area contributed by atoms with E-state index in [2.05, 4.69) is 5.32 Å². The van der Waals surface area contributed by atoms with Crippen molar-refractivity contribution in [2.45, 2.75) is 33.3 Å². The Morgan fingerprint density at radius 2 is 2.05 bits per heavy atom. The normalized spacial score (nSPS) is 23.5. The standard InChI is InChI=1S/C13H24N2O4/c1-5-19-13(3,4)8-14-12(18)15-6-9(2)10(7-15)11(16)17/h9-10H,5-8H2,1-4H3,(H,14,18)(H,16,17)/t9-,10-/m1/s1. The number of carbonyl (C=O) groups is 2. The summed E-state index contributed by atoms with van der Waals surface area (Å²) in [6.45, 7) is 9.33. The molecule has 0 aromatic rings. The van der Waals surface area contributed by atoms with Crippen LogP contribution in [-0.4, -0.2) is 53.8 Å². The lowest BCUT2D eigenvalue weighted by atomic mass is 9.99. The second-order valence-electron chi connectivity index (χ2n) is 5.68. The van der Waals surface area contributed by atoms with Crippen LogP contribution in [0.1, 0.15) is 27.7 Å². The van der Waals surface area contributed by atoms with E-state index in [-0.39, 0.29) is 18.5 Å². The molecule has 0 aromatic heterocycles. The highest BCUT2D eigenvalue weighted by Gasteiger charge is 2.37. The van der Waals surface area contributed by atoms with E-state index in [1.54, 1.807) is 4.90 Å². The molecular weight excluding hydrogens is 248 g/mol. The molecule has 0 aliphatic carbocycles. The molecule has 0 aromatic carbocycles. The number of ether oxygens (including phenoxy) is 1. The zero-order valence-electron chi connectivity index (χ0n) is 12.1. The van der Waals surface area contributed by atoms with Gasteiger partial charge in [-0.25, -0.2) is 4.79 Å². The number of hydrogen-bond acceptors (Lipinski definition) is 3. The van der Waals surface area contributed by atoms with Crippen molar-refractivity contribution in [3.8, 4) is 0 Å². The molecule has 1 heterocycles. The summed E-state index contributed by atoms with van der Waals surface area (Å²) in [4.78, 5) is 24.5. The maximum absolute atomic E-state index is 12.0. The highest BCUT2D eigenvalue weighted by molar-refractivity contribution is 5.77. The lowest BCUT2D eigenvalue weighted by Crippen LogP contribution is -2.46. The van der Waals surface area contributed by atoms with Gasteiger partial charge in [0.2, 0.25) is 0 Å². The molecule has 0 bridgehead atoms. The average Bonchev–Trinajstić information content (AvgIpc) is 2.68. The van der Waals surface area contributed by atoms with Crippen LogP contribution < -0.4 is 5.32 Å². The first-order chi connectivity index (χ1) is 8.76. The molecule has 1 rings (SSSR count). The van der Waals surface area contributed by atoms with E-state index in [0.717, 1.165) is 0 Å². The number of aliphatic carboxylic acids is 1. The highest BCUT2D eigenvalue weighted by Crippen LogP contribution is 2.23. The molecule has 0 saturated carbocycles. The van der Waals surface area contributed by atoms with Gasteiger partial charge in [-0.05, 0) is 26.7 Å². The molecule has 2 amide bonds. The number of nitrogens with one attached hydrogen (secondary N) is 1. The summed E-state index contributed by atoms with van der Waals surface area (Å²) in [5.74, 6) is -1.31. The van der Waals surface area contributed by atoms with E-state index in [1.165, 1.54) is 0 Å². The van der Waals surface area contributed by atoms with Crippen molar-refractivity contribution in [3.63, 3.8) is 0 Å². The Hall–Kier alpha value is -1.30. The number of nitrogens with zero attached hydrogens (tertiary/aromatic N) is 1. The number of hydrogen-bond donors (Lipinski definition) is 2. The van der Waals surface area contributed by atoms with Gasteiger partial charge in [0.05, 0.1) is 11.5 Å². The monoisotopic (exact) mass is 272 g/mol. The van der Waals surface area contributed by atoms with Crippen molar-refractivity contribution in [1.29, 1.82) is 0 Å². The Bertz CT molecular complexity index is 344. The Labute approximate surface area is 114 Å². The third kappa shape index (κ3) is 4.38. The molecule has 1 aliphatic rings. The highest BCUT2D eigenvalue weighted by atomic mass is 16.5. The van der Waals surface area contributed by atoms with E-state index in [9.17, 15) is 9.59 Å². The maximum atomic E-state index is 12.0. The largest absolute Gasteiger partial charge is 0.481 e. The first kappa shape index (κ1) is 15.8. The number of rotatable bonds is 5. The van der Waals surface area contributed by atoms with Gasteiger partial charge >= 0.3 is 12.0 Å². The fourth-order valence-electron chi connectivity index (χ4n) is 2.30. The molecule has 1 saturated heterocycles. The van der Waals surface area contributed by atoms with Crippen LogP contribution in [0, 0.1) is 11.8 Å². The lowest BCUT2D eigenvalue weighted by molar-refractivity contribution is -0.142. The van der Waals surface area contributed by atoms with Gasteiger partial charge in [0.1, 0.15) is 0 Å². The Morgan fingerprint density at radius 1 is 1.42 bits per heavy atom. The molecule has 6 nitrogen and oxygen atoms in total. The molecule has 2 N–H and O–H groups in total. The first-order valence-corrected chi connectivity index (χ1v) is 6.66. The third-order valence-corrected chi connectivity index (χ3v) is 3.42. The summed E-state index contributed by atoms with van der Waals surface area (Å²) in [5.41, 5.74) is -0.415. The number of likely N-dealkylation sites (tertiary alicyclic amines) is 1. The van der Waals surface area contributed by atoms with Gasteiger partial charge in [-0.1, -0.05) is 6.92 Å². The minimum atomic E-state index is -0.836. The molecule has 19 heavy (non-hydrogen) atoms. The smallest absolute Gasteiger partial charge is 0.317 e. The van der Waals surface area contributed by atoms with Crippen LogP contribution in [0.25, 0.3) is 0 Å². The van der Waals surface area contributed by atoms with Crippen LogP contribution in [0.4, 0.5) is 4.79 Å². The predicted octanol–water partition coefficient (Wildman–Crippen LogP) is 1.16. The van der Waals surface area contributed by atoms with Gasteiger partial charge < -0.3 is 20.1 Å². The number of carboxylic acids is 1. The number of urea groups is 1. The molecule has 2 atom stereocenters. The van der Waals surface area contributed by atoms with Crippen LogP contribution in [0.15, 0.2) is 0 Å². The summed E-state index contributed by atoms with van der Waals surface area (Å²) in [6.07, 6.45) is 0.